The van der Waals surface area contributed by atoms with Gasteiger partial charge in [0.1, 0.15) is 11.3 Å². The van der Waals surface area contributed by atoms with Gasteiger partial charge >= 0.3 is 5.76 Å². The van der Waals surface area contributed by atoms with E-state index in [4.69, 9.17) is 19.8 Å². The molecule has 0 bridgehead atoms. The Labute approximate surface area is 142 Å². The molecule has 0 aliphatic heterocycles. The van der Waals surface area contributed by atoms with Gasteiger partial charge in [0.2, 0.25) is 0 Å². The normalized spacial score (nSPS) is 12.5. The smallest absolute Gasteiger partial charge is 0.419 e. The highest BCUT2D eigenvalue weighted by atomic mass is 16.4. The molecule has 25 heavy (non-hydrogen) atoms. The molecule has 1 atom stereocenters. The van der Waals surface area contributed by atoms with Gasteiger partial charge in [-0.05, 0) is 41.5 Å². The van der Waals surface area contributed by atoms with Gasteiger partial charge in [-0.1, -0.05) is 12.1 Å². The monoisotopic (exact) mass is 333 g/mol. The van der Waals surface area contributed by atoms with Crippen molar-refractivity contribution >= 4 is 22.1 Å². The number of hydrogen-bond acceptors (Lipinski definition) is 5. The molecular weight excluding hydrogens is 318 g/mol. The summed E-state index contributed by atoms with van der Waals surface area (Å²) in [6.45, 7) is 0. The van der Waals surface area contributed by atoms with Crippen LogP contribution >= 0.6 is 0 Å². The zero-order valence-corrected chi connectivity index (χ0v) is 13.5. The van der Waals surface area contributed by atoms with E-state index in [0.29, 0.717) is 17.8 Å². The number of nitrogens with two attached hydrogens (primary N) is 1. The van der Waals surface area contributed by atoms with E-state index in [1.807, 2.05) is 42.5 Å². The lowest BCUT2D eigenvalue weighted by atomic mass is 10.0. The Balaban J connectivity index is 1.77. The third-order valence-electron chi connectivity index (χ3n) is 4.28. The van der Waals surface area contributed by atoms with Gasteiger partial charge in [0.25, 0.3) is 0 Å². The molecule has 1 unspecified atom stereocenters. The average Bonchev–Trinajstić information content (AvgIpc) is 3.14. The molecule has 124 valence electrons. The third kappa shape index (κ3) is 2.61. The van der Waals surface area contributed by atoms with Crippen molar-refractivity contribution < 1.29 is 8.83 Å². The summed E-state index contributed by atoms with van der Waals surface area (Å²) in [5, 5.41) is 9.77. The molecule has 4 aromatic rings. The van der Waals surface area contributed by atoms with Crippen molar-refractivity contribution in [3.8, 4) is 17.2 Å². The number of nitriles is 1. The van der Waals surface area contributed by atoms with Gasteiger partial charge in [0.15, 0.2) is 5.58 Å². The van der Waals surface area contributed by atoms with Gasteiger partial charge in [-0.15, -0.1) is 0 Å². The highest BCUT2D eigenvalue weighted by Gasteiger charge is 2.11. The fraction of sp³-hybridized carbons (Fsp3) is 0.158. The number of aryl methyl sites for hydroxylation is 1. The van der Waals surface area contributed by atoms with Gasteiger partial charge in [-0.3, -0.25) is 4.57 Å². The molecular formula is C19H15N3O3. The quantitative estimate of drug-likeness (QED) is 0.621. The molecule has 0 aliphatic carbocycles. The summed E-state index contributed by atoms with van der Waals surface area (Å²) in [7, 11) is 1.68. The van der Waals surface area contributed by atoms with Crippen molar-refractivity contribution in [3.63, 3.8) is 0 Å². The van der Waals surface area contributed by atoms with Crippen LogP contribution in [0.25, 0.3) is 33.2 Å². The zero-order chi connectivity index (χ0) is 17.6. The number of nitrogens with zero attached hydrogens (tertiary/aromatic N) is 2. The molecule has 0 saturated heterocycles. The first kappa shape index (κ1) is 15.2. The Kier molecular flexibility index (Phi) is 3.45. The van der Waals surface area contributed by atoms with Gasteiger partial charge in [-0.2, -0.15) is 5.26 Å². The summed E-state index contributed by atoms with van der Waals surface area (Å²) >= 11 is 0. The maximum Gasteiger partial charge on any atom is 0.419 e. The number of oxazole rings is 1. The van der Waals surface area contributed by atoms with E-state index in [0.717, 1.165) is 27.6 Å². The number of benzene rings is 2. The molecule has 6 heteroatoms. The van der Waals surface area contributed by atoms with Gasteiger partial charge in [0.05, 0.1) is 17.6 Å². The second-order valence-corrected chi connectivity index (χ2v) is 6.01. The molecule has 2 N–H and O–H groups in total. The first-order chi connectivity index (χ1) is 12.0. The minimum Gasteiger partial charge on any atom is -0.461 e. The van der Waals surface area contributed by atoms with Crippen molar-refractivity contribution in [2.45, 2.75) is 12.5 Å². The Morgan fingerprint density at radius 3 is 2.60 bits per heavy atom. The molecule has 0 radical (unpaired) electrons. The zero-order valence-electron chi connectivity index (χ0n) is 13.5. The maximum absolute atomic E-state index is 11.6. The summed E-state index contributed by atoms with van der Waals surface area (Å²) in [6, 6.07) is 14.8. The first-order valence-corrected chi connectivity index (χ1v) is 7.83. The van der Waals surface area contributed by atoms with Crippen LogP contribution in [-0.4, -0.2) is 10.6 Å². The van der Waals surface area contributed by atoms with Crippen LogP contribution in [0.2, 0.25) is 0 Å². The molecule has 6 nitrogen and oxygen atoms in total. The van der Waals surface area contributed by atoms with Crippen molar-refractivity contribution in [2.75, 3.05) is 0 Å². The molecule has 2 heterocycles. The van der Waals surface area contributed by atoms with E-state index in [2.05, 4.69) is 0 Å². The van der Waals surface area contributed by atoms with E-state index in [9.17, 15) is 4.79 Å². The predicted molar refractivity (Wildman–Crippen MR) is 94.0 cm³/mol. The minimum atomic E-state index is -0.579. The highest BCUT2D eigenvalue weighted by molar-refractivity contribution is 5.87. The molecule has 2 aromatic heterocycles. The van der Waals surface area contributed by atoms with E-state index >= 15 is 0 Å². The minimum absolute atomic E-state index is 0.379. The lowest BCUT2D eigenvalue weighted by Gasteiger charge is -2.02. The average molecular weight is 333 g/mol. The molecule has 0 fully saturated rings. The van der Waals surface area contributed by atoms with Crippen molar-refractivity contribution in [1.82, 2.24) is 4.57 Å². The lowest BCUT2D eigenvalue weighted by Crippen LogP contribution is -2.19. The van der Waals surface area contributed by atoms with E-state index < -0.39 is 6.04 Å². The third-order valence-corrected chi connectivity index (χ3v) is 4.28. The summed E-state index contributed by atoms with van der Waals surface area (Å²) in [5.41, 5.74) is 9.69. The standard InChI is InChI=1S/C19H15N3O3/c1-22-16-8-12(3-5-18(16)25-19(22)23)11-2-4-17-13(6-11)7-15(24-17)9-14(21)10-20/h2-8,14H,9,21H2,1H3. The van der Waals surface area contributed by atoms with Crippen LogP contribution in [0.3, 0.4) is 0 Å². The van der Waals surface area contributed by atoms with Crippen LogP contribution in [0.5, 0.6) is 0 Å². The first-order valence-electron chi connectivity index (χ1n) is 7.83. The van der Waals surface area contributed by atoms with Crippen molar-refractivity contribution in [1.29, 1.82) is 5.26 Å². The fourth-order valence-electron chi connectivity index (χ4n) is 2.95. The van der Waals surface area contributed by atoms with Crippen LogP contribution in [0.4, 0.5) is 0 Å². The Morgan fingerprint density at radius 1 is 1.12 bits per heavy atom. The van der Waals surface area contributed by atoms with E-state index in [1.54, 1.807) is 13.1 Å². The fourth-order valence-corrected chi connectivity index (χ4v) is 2.95. The summed E-state index contributed by atoms with van der Waals surface area (Å²) in [4.78, 5) is 11.6. The Hall–Kier alpha value is -3.30. The molecule has 2 aromatic carbocycles. The van der Waals surface area contributed by atoms with Crippen LogP contribution in [-0.2, 0) is 13.5 Å². The number of rotatable bonds is 3. The maximum atomic E-state index is 11.6. The summed E-state index contributed by atoms with van der Waals surface area (Å²) < 4.78 is 12.4. The number of aromatic nitrogens is 1. The van der Waals surface area contributed by atoms with Crippen LogP contribution < -0.4 is 11.5 Å². The second kappa shape index (κ2) is 5.65. The van der Waals surface area contributed by atoms with E-state index in [1.165, 1.54) is 4.57 Å². The number of fused-ring (bicyclic) bond motifs is 2. The van der Waals surface area contributed by atoms with Gasteiger partial charge in [-0.25, -0.2) is 4.79 Å². The molecule has 4 rings (SSSR count). The predicted octanol–water partition coefficient (Wildman–Crippen LogP) is 2.94. The van der Waals surface area contributed by atoms with Crippen LogP contribution in [0.1, 0.15) is 5.76 Å². The SMILES string of the molecule is Cn1c(=O)oc2ccc(-c3ccc4oc(CC(N)C#N)cc4c3)cc21. The summed E-state index contributed by atoms with van der Waals surface area (Å²) in [5.74, 6) is 0.310. The summed E-state index contributed by atoms with van der Waals surface area (Å²) in [6.07, 6.45) is 0.379. The number of hydrogen-bond donors (Lipinski definition) is 1. The second-order valence-electron chi connectivity index (χ2n) is 6.01. The van der Waals surface area contributed by atoms with Gasteiger partial charge < -0.3 is 14.6 Å². The highest BCUT2D eigenvalue weighted by Crippen LogP contribution is 2.29. The largest absolute Gasteiger partial charge is 0.461 e. The molecule has 0 saturated carbocycles. The number of furan rings is 1. The van der Waals surface area contributed by atoms with Crippen LogP contribution in [0.15, 0.2) is 56.1 Å². The molecule has 0 spiro atoms. The lowest BCUT2D eigenvalue weighted by molar-refractivity contribution is 0.528. The topological polar surface area (TPSA) is 98.1 Å². The van der Waals surface area contributed by atoms with Crippen molar-refractivity contribution in [2.24, 2.45) is 12.8 Å². The van der Waals surface area contributed by atoms with E-state index in [-0.39, 0.29) is 5.76 Å². The van der Waals surface area contributed by atoms with Gasteiger partial charge in [0, 0.05) is 18.9 Å². The molecule has 0 amide bonds. The Morgan fingerprint density at radius 2 is 1.84 bits per heavy atom. The van der Waals surface area contributed by atoms with Crippen molar-refractivity contribution in [3.05, 3.63) is 58.8 Å². The Bertz CT molecular complexity index is 1190. The van der Waals surface area contributed by atoms with Crippen LogP contribution in [0, 0.1) is 11.3 Å². The molecule has 0 aliphatic rings.